The van der Waals surface area contributed by atoms with Crippen molar-refractivity contribution in [2.24, 2.45) is 10.8 Å². The smallest absolute Gasteiger partial charge is 0.225 e. The second-order valence-electron chi connectivity index (χ2n) is 5.99. The minimum atomic E-state index is -0.341. The molecule has 0 saturated heterocycles. The van der Waals surface area contributed by atoms with Gasteiger partial charge in [-0.15, -0.1) is 0 Å². The summed E-state index contributed by atoms with van der Waals surface area (Å²) in [5.41, 5.74) is -0.681. The van der Waals surface area contributed by atoms with E-state index >= 15 is 0 Å². The van der Waals surface area contributed by atoms with E-state index in [2.05, 4.69) is 10.6 Å². The van der Waals surface area contributed by atoms with Crippen molar-refractivity contribution in [3.8, 4) is 0 Å². The fourth-order valence-electron chi connectivity index (χ4n) is 1.15. The van der Waals surface area contributed by atoms with Crippen LogP contribution in [0.25, 0.3) is 0 Å². The van der Waals surface area contributed by atoms with Crippen molar-refractivity contribution in [3.05, 3.63) is 0 Å². The van der Waals surface area contributed by atoms with E-state index in [4.69, 9.17) is 0 Å². The molecule has 0 bridgehead atoms. The molecule has 0 fully saturated rings. The van der Waals surface area contributed by atoms with Crippen LogP contribution in [0.2, 0.25) is 0 Å². The summed E-state index contributed by atoms with van der Waals surface area (Å²) in [5, 5.41) is 5.69. The minimum Gasteiger partial charge on any atom is -0.354 e. The molecule has 0 saturated carbocycles. The van der Waals surface area contributed by atoms with Crippen LogP contribution >= 0.6 is 0 Å². The van der Waals surface area contributed by atoms with Crippen molar-refractivity contribution >= 4 is 11.8 Å². The maximum atomic E-state index is 11.8. The molecule has 0 heterocycles. The van der Waals surface area contributed by atoms with Crippen molar-refractivity contribution in [3.63, 3.8) is 0 Å². The van der Waals surface area contributed by atoms with E-state index in [0.717, 1.165) is 12.8 Å². The zero-order valence-corrected chi connectivity index (χ0v) is 12.6. The van der Waals surface area contributed by atoms with E-state index in [0.29, 0.717) is 13.1 Å². The highest BCUT2D eigenvalue weighted by molar-refractivity contribution is 5.82. The Hall–Kier alpha value is -1.06. The molecule has 0 aliphatic rings. The predicted octanol–water partition coefficient (Wildman–Crippen LogP) is 2.09. The van der Waals surface area contributed by atoms with Crippen molar-refractivity contribution in [1.82, 2.24) is 10.6 Å². The number of rotatable bonds is 7. The van der Waals surface area contributed by atoms with Crippen LogP contribution in [-0.4, -0.2) is 24.9 Å². The number of carbonyl (C=O) groups is 2. The lowest BCUT2D eigenvalue weighted by Gasteiger charge is -2.23. The molecule has 0 radical (unpaired) electrons. The van der Waals surface area contributed by atoms with Crippen molar-refractivity contribution in [2.75, 3.05) is 13.1 Å². The first kappa shape index (κ1) is 16.9. The van der Waals surface area contributed by atoms with Gasteiger partial charge in [0.15, 0.2) is 0 Å². The van der Waals surface area contributed by atoms with Gasteiger partial charge in [-0.05, 0) is 12.8 Å². The Morgan fingerprint density at radius 3 is 1.28 bits per heavy atom. The summed E-state index contributed by atoms with van der Waals surface area (Å²) in [7, 11) is 0. The van der Waals surface area contributed by atoms with E-state index in [1.54, 1.807) is 0 Å². The van der Waals surface area contributed by atoms with Crippen LogP contribution in [0.15, 0.2) is 0 Å². The van der Waals surface area contributed by atoms with Crippen LogP contribution in [0.5, 0.6) is 0 Å². The average molecular weight is 256 g/mol. The van der Waals surface area contributed by atoms with Gasteiger partial charge < -0.3 is 10.6 Å². The lowest BCUT2D eigenvalue weighted by molar-refractivity contribution is -0.131. The summed E-state index contributed by atoms with van der Waals surface area (Å²) in [6.45, 7) is 12.6. The van der Waals surface area contributed by atoms with E-state index in [-0.39, 0.29) is 22.6 Å². The highest BCUT2D eigenvalue weighted by Crippen LogP contribution is 2.20. The summed E-state index contributed by atoms with van der Waals surface area (Å²) in [4.78, 5) is 23.5. The van der Waals surface area contributed by atoms with Crippen LogP contribution in [0.4, 0.5) is 0 Å². The van der Waals surface area contributed by atoms with Crippen molar-refractivity contribution in [2.45, 2.75) is 54.4 Å². The summed E-state index contributed by atoms with van der Waals surface area (Å²) in [6.07, 6.45) is 1.60. The molecule has 0 aliphatic carbocycles. The molecule has 2 N–H and O–H groups in total. The monoisotopic (exact) mass is 256 g/mol. The molecule has 4 nitrogen and oxygen atoms in total. The minimum absolute atomic E-state index is 0.0361. The predicted molar refractivity (Wildman–Crippen MR) is 74.2 cm³/mol. The topological polar surface area (TPSA) is 58.2 Å². The third-order valence-electron chi connectivity index (χ3n) is 3.69. The van der Waals surface area contributed by atoms with Crippen LogP contribution in [0.3, 0.4) is 0 Å². The molecule has 18 heavy (non-hydrogen) atoms. The maximum absolute atomic E-state index is 11.8. The van der Waals surface area contributed by atoms with Gasteiger partial charge in [0.25, 0.3) is 0 Å². The van der Waals surface area contributed by atoms with Crippen molar-refractivity contribution in [1.29, 1.82) is 0 Å². The fraction of sp³-hybridized carbons (Fsp3) is 0.857. The molecule has 0 aromatic carbocycles. The Morgan fingerprint density at radius 2 is 1.06 bits per heavy atom. The summed E-state index contributed by atoms with van der Waals surface area (Å²) in [6, 6.07) is 0. The number of amides is 2. The lowest BCUT2D eigenvalue weighted by Crippen LogP contribution is -2.43. The van der Waals surface area contributed by atoms with Gasteiger partial charge in [0.2, 0.25) is 11.8 Å². The second kappa shape index (κ2) is 6.76. The van der Waals surface area contributed by atoms with Crippen molar-refractivity contribution < 1.29 is 9.59 Å². The van der Waals surface area contributed by atoms with Crippen LogP contribution in [-0.2, 0) is 9.59 Å². The van der Waals surface area contributed by atoms with Gasteiger partial charge in [0.05, 0.1) is 0 Å². The van der Waals surface area contributed by atoms with Gasteiger partial charge in [0, 0.05) is 23.9 Å². The molecule has 106 valence electrons. The third kappa shape index (κ3) is 5.07. The number of nitrogens with one attached hydrogen (secondary N) is 2. The molecule has 2 amide bonds. The number of hydrogen-bond acceptors (Lipinski definition) is 2. The first-order valence-corrected chi connectivity index (χ1v) is 6.74. The normalized spacial score (nSPS) is 12.1. The molecule has 0 aromatic heterocycles. The summed E-state index contributed by atoms with van der Waals surface area (Å²) >= 11 is 0. The van der Waals surface area contributed by atoms with Crippen LogP contribution in [0.1, 0.15) is 54.4 Å². The Bertz CT molecular complexity index is 266. The standard InChI is InChI=1S/C14H28N2O2/c1-7-13(3,4)11(17)15-9-10-16-12(18)14(5,6)8-2/h7-10H2,1-6H3,(H,15,17)(H,16,18). The third-order valence-corrected chi connectivity index (χ3v) is 3.69. The fourth-order valence-corrected chi connectivity index (χ4v) is 1.15. The van der Waals surface area contributed by atoms with E-state index < -0.39 is 0 Å². The van der Waals surface area contributed by atoms with Crippen LogP contribution < -0.4 is 10.6 Å². The van der Waals surface area contributed by atoms with Gasteiger partial charge in [-0.2, -0.15) is 0 Å². The SMILES string of the molecule is CCC(C)(C)C(=O)NCCNC(=O)C(C)(C)CC. The zero-order valence-electron chi connectivity index (χ0n) is 12.6. The molecule has 0 spiro atoms. The molecular formula is C14H28N2O2. The second-order valence-corrected chi connectivity index (χ2v) is 5.99. The largest absolute Gasteiger partial charge is 0.354 e. The number of hydrogen-bond donors (Lipinski definition) is 2. The van der Waals surface area contributed by atoms with Gasteiger partial charge in [-0.1, -0.05) is 41.5 Å². The highest BCUT2D eigenvalue weighted by atomic mass is 16.2. The summed E-state index contributed by atoms with van der Waals surface area (Å²) in [5.74, 6) is 0.0722. The highest BCUT2D eigenvalue weighted by Gasteiger charge is 2.26. The molecule has 0 rings (SSSR count). The quantitative estimate of drug-likeness (QED) is 0.685. The average Bonchev–Trinajstić information content (AvgIpc) is 2.33. The van der Waals surface area contributed by atoms with Crippen LogP contribution in [0, 0.1) is 10.8 Å². The first-order chi connectivity index (χ1) is 8.17. The Balaban J connectivity index is 3.96. The molecule has 0 aromatic rings. The van der Waals surface area contributed by atoms with Gasteiger partial charge in [0.1, 0.15) is 0 Å². The molecular weight excluding hydrogens is 228 g/mol. The van der Waals surface area contributed by atoms with Gasteiger partial charge in [-0.3, -0.25) is 9.59 Å². The van der Waals surface area contributed by atoms with E-state index in [9.17, 15) is 9.59 Å². The lowest BCUT2D eigenvalue weighted by atomic mass is 9.89. The Labute approximate surface area is 111 Å². The Morgan fingerprint density at radius 1 is 0.778 bits per heavy atom. The maximum Gasteiger partial charge on any atom is 0.225 e. The molecule has 0 aliphatic heterocycles. The van der Waals surface area contributed by atoms with Gasteiger partial charge >= 0.3 is 0 Å². The van der Waals surface area contributed by atoms with E-state index in [1.165, 1.54) is 0 Å². The Kier molecular flexibility index (Phi) is 6.36. The number of carbonyl (C=O) groups excluding carboxylic acids is 2. The van der Waals surface area contributed by atoms with E-state index in [1.807, 2.05) is 41.5 Å². The molecule has 0 unspecified atom stereocenters. The van der Waals surface area contributed by atoms with Gasteiger partial charge in [-0.25, -0.2) is 0 Å². The molecule has 0 atom stereocenters. The zero-order chi connectivity index (χ0) is 14.4. The summed E-state index contributed by atoms with van der Waals surface area (Å²) < 4.78 is 0. The molecule has 4 heteroatoms. The first-order valence-electron chi connectivity index (χ1n) is 6.74.